The Morgan fingerprint density at radius 1 is 1.25 bits per heavy atom. The van der Waals surface area contributed by atoms with Crippen LogP contribution in [0.5, 0.6) is 0 Å². The van der Waals surface area contributed by atoms with Gasteiger partial charge in [-0.3, -0.25) is 14.5 Å². The number of aryl methyl sites for hydroxylation is 2. The summed E-state index contributed by atoms with van der Waals surface area (Å²) in [7, 11) is 0. The average molecular weight is 350 g/mol. The fourth-order valence-electron chi connectivity index (χ4n) is 3.02. The van der Waals surface area contributed by atoms with Crippen LogP contribution in [-0.4, -0.2) is 39.8 Å². The summed E-state index contributed by atoms with van der Waals surface area (Å²) in [6.45, 7) is 2.94. The number of fused-ring (bicyclic) bond motifs is 1. The Morgan fingerprint density at radius 2 is 1.96 bits per heavy atom. The van der Waals surface area contributed by atoms with Gasteiger partial charge in [0.15, 0.2) is 5.13 Å². The largest absolute Gasteiger partial charge is 0.325 e. The van der Waals surface area contributed by atoms with Gasteiger partial charge in [0.05, 0.1) is 5.69 Å². The molecule has 0 bridgehead atoms. The number of carbonyl (C=O) groups excluding carboxylic acids is 3. The second-order valence-electron chi connectivity index (χ2n) is 6.80. The zero-order valence-electron chi connectivity index (χ0n) is 14.0. The minimum Gasteiger partial charge on any atom is -0.324 e. The number of aromatic nitrogens is 1. The van der Waals surface area contributed by atoms with Crippen LogP contribution in [0.1, 0.15) is 50.1 Å². The van der Waals surface area contributed by atoms with Gasteiger partial charge in [-0.2, -0.15) is 0 Å². The lowest BCUT2D eigenvalue weighted by Gasteiger charge is -2.15. The van der Waals surface area contributed by atoms with Crippen molar-refractivity contribution in [2.24, 2.45) is 0 Å². The lowest BCUT2D eigenvalue weighted by molar-refractivity contribution is -0.132. The van der Waals surface area contributed by atoms with E-state index in [1.54, 1.807) is 13.8 Å². The molecule has 1 saturated heterocycles. The molecule has 1 fully saturated rings. The third-order valence-electron chi connectivity index (χ3n) is 4.34. The molecule has 2 aliphatic rings. The molecule has 8 heteroatoms. The van der Waals surface area contributed by atoms with Crippen molar-refractivity contribution in [1.82, 2.24) is 15.2 Å². The molecule has 24 heavy (non-hydrogen) atoms. The molecule has 4 amide bonds. The number of hydrogen-bond donors (Lipinski definition) is 2. The number of hydrogen-bond acceptors (Lipinski definition) is 5. The normalized spacial score (nSPS) is 20.2. The van der Waals surface area contributed by atoms with Gasteiger partial charge < -0.3 is 10.6 Å². The summed E-state index contributed by atoms with van der Waals surface area (Å²) in [5, 5.41) is 5.84. The third kappa shape index (κ3) is 3.43. The first-order chi connectivity index (χ1) is 11.4. The van der Waals surface area contributed by atoms with E-state index < -0.39 is 23.4 Å². The summed E-state index contributed by atoms with van der Waals surface area (Å²) in [5.74, 6) is -0.799. The average Bonchev–Trinajstić information content (AvgIpc) is 2.92. The van der Waals surface area contributed by atoms with E-state index in [0.717, 1.165) is 36.3 Å². The Hall–Kier alpha value is -1.96. The van der Waals surface area contributed by atoms with Gasteiger partial charge in [0, 0.05) is 4.88 Å². The van der Waals surface area contributed by atoms with E-state index in [1.807, 2.05) is 0 Å². The van der Waals surface area contributed by atoms with Crippen molar-refractivity contribution in [3.8, 4) is 0 Å². The number of urea groups is 1. The molecule has 1 aliphatic carbocycles. The predicted octanol–water partition coefficient (Wildman–Crippen LogP) is 2.07. The molecular weight excluding hydrogens is 328 g/mol. The van der Waals surface area contributed by atoms with Crippen LogP contribution in [0, 0.1) is 0 Å². The predicted molar refractivity (Wildman–Crippen MR) is 90.9 cm³/mol. The van der Waals surface area contributed by atoms with E-state index in [2.05, 4.69) is 15.6 Å². The van der Waals surface area contributed by atoms with Crippen molar-refractivity contribution in [2.75, 3.05) is 11.9 Å². The third-order valence-corrected chi connectivity index (χ3v) is 5.41. The summed E-state index contributed by atoms with van der Waals surface area (Å²) in [6, 6.07) is -0.536. The Balaban J connectivity index is 1.64. The van der Waals surface area contributed by atoms with E-state index >= 15 is 0 Å². The van der Waals surface area contributed by atoms with Crippen molar-refractivity contribution in [1.29, 1.82) is 0 Å². The maximum absolute atomic E-state index is 12.2. The van der Waals surface area contributed by atoms with Crippen LogP contribution in [-0.2, 0) is 22.4 Å². The molecular formula is C16H22N4O3S. The number of amides is 4. The minimum absolute atomic E-state index is 0.293. The number of anilines is 1. The molecule has 0 atom stereocenters. The van der Waals surface area contributed by atoms with E-state index in [1.165, 1.54) is 29.1 Å². The van der Waals surface area contributed by atoms with Crippen LogP contribution in [0.25, 0.3) is 0 Å². The van der Waals surface area contributed by atoms with Crippen LogP contribution in [0.2, 0.25) is 0 Å². The number of nitrogens with one attached hydrogen (secondary N) is 2. The number of thiazole rings is 1. The molecule has 0 spiro atoms. The van der Waals surface area contributed by atoms with Crippen molar-refractivity contribution in [2.45, 2.75) is 57.9 Å². The summed E-state index contributed by atoms with van der Waals surface area (Å²) >= 11 is 1.50. The van der Waals surface area contributed by atoms with Gasteiger partial charge in [-0.15, -0.1) is 11.3 Å². The van der Waals surface area contributed by atoms with E-state index in [-0.39, 0.29) is 6.54 Å². The highest BCUT2D eigenvalue weighted by Crippen LogP contribution is 2.28. The first-order valence-corrected chi connectivity index (χ1v) is 9.11. The summed E-state index contributed by atoms with van der Waals surface area (Å²) in [5.41, 5.74) is 0.111. The number of imide groups is 1. The fraction of sp³-hybridized carbons (Fsp3) is 0.625. The molecule has 0 radical (unpaired) electrons. The SMILES string of the molecule is CC1(C)NC(=O)N(CC(=O)Nc2nc3c(s2)CCCCCC3)C1=O. The molecule has 2 heterocycles. The first-order valence-electron chi connectivity index (χ1n) is 8.29. The maximum atomic E-state index is 12.2. The zero-order chi connectivity index (χ0) is 17.3. The number of carbonyl (C=O) groups is 3. The lowest BCUT2D eigenvalue weighted by atomic mass is 10.0. The van der Waals surface area contributed by atoms with Crippen LogP contribution < -0.4 is 10.6 Å². The monoisotopic (exact) mass is 350 g/mol. The minimum atomic E-state index is -0.964. The van der Waals surface area contributed by atoms with Gasteiger partial charge in [-0.25, -0.2) is 9.78 Å². The highest BCUT2D eigenvalue weighted by Gasteiger charge is 2.44. The van der Waals surface area contributed by atoms with Crippen LogP contribution in [0.4, 0.5) is 9.93 Å². The van der Waals surface area contributed by atoms with Gasteiger partial charge in [0.1, 0.15) is 12.1 Å². The Bertz CT molecular complexity index is 657. The topological polar surface area (TPSA) is 91.4 Å². The summed E-state index contributed by atoms with van der Waals surface area (Å²) in [4.78, 5) is 42.8. The van der Waals surface area contributed by atoms with E-state index in [0.29, 0.717) is 5.13 Å². The van der Waals surface area contributed by atoms with Crippen LogP contribution >= 0.6 is 11.3 Å². The van der Waals surface area contributed by atoms with Crippen LogP contribution in [0.15, 0.2) is 0 Å². The fourth-order valence-corrected chi connectivity index (χ4v) is 4.09. The van der Waals surface area contributed by atoms with Crippen LogP contribution in [0.3, 0.4) is 0 Å². The second kappa shape index (κ2) is 6.51. The molecule has 0 aromatic carbocycles. The molecule has 1 aliphatic heterocycles. The first kappa shape index (κ1) is 16.9. The van der Waals surface area contributed by atoms with E-state index in [9.17, 15) is 14.4 Å². The molecule has 1 aromatic heterocycles. The molecule has 0 saturated carbocycles. The highest BCUT2D eigenvalue weighted by molar-refractivity contribution is 7.15. The maximum Gasteiger partial charge on any atom is 0.325 e. The smallest absolute Gasteiger partial charge is 0.324 e. The Morgan fingerprint density at radius 3 is 2.62 bits per heavy atom. The van der Waals surface area contributed by atoms with Crippen molar-refractivity contribution in [3.63, 3.8) is 0 Å². The lowest BCUT2D eigenvalue weighted by Crippen LogP contribution is -2.41. The summed E-state index contributed by atoms with van der Waals surface area (Å²) < 4.78 is 0. The molecule has 1 aromatic rings. The Labute approximate surface area is 144 Å². The van der Waals surface area contributed by atoms with Gasteiger partial charge in [-0.1, -0.05) is 12.8 Å². The quantitative estimate of drug-likeness (QED) is 0.817. The molecule has 2 N–H and O–H groups in total. The second-order valence-corrected chi connectivity index (χ2v) is 7.88. The van der Waals surface area contributed by atoms with Gasteiger partial charge >= 0.3 is 6.03 Å². The highest BCUT2D eigenvalue weighted by atomic mass is 32.1. The molecule has 7 nitrogen and oxygen atoms in total. The molecule has 3 rings (SSSR count). The summed E-state index contributed by atoms with van der Waals surface area (Å²) in [6.07, 6.45) is 6.69. The molecule has 130 valence electrons. The standard InChI is InChI=1S/C16H22N4O3S/c1-16(2)13(22)20(15(23)19-16)9-12(21)18-14-17-10-7-5-3-4-6-8-11(10)24-14/h3-9H2,1-2H3,(H,19,23)(H,17,18,21). The van der Waals surface area contributed by atoms with Gasteiger partial charge in [0.2, 0.25) is 5.91 Å². The molecule has 0 unspecified atom stereocenters. The van der Waals surface area contributed by atoms with Crippen molar-refractivity contribution < 1.29 is 14.4 Å². The van der Waals surface area contributed by atoms with E-state index in [4.69, 9.17) is 0 Å². The van der Waals surface area contributed by atoms with Crippen molar-refractivity contribution in [3.05, 3.63) is 10.6 Å². The zero-order valence-corrected chi connectivity index (χ0v) is 14.8. The Kier molecular flexibility index (Phi) is 4.58. The van der Waals surface area contributed by atoms with Gasteiger partial charge in [-0.05, 0) is 39.5 Å². The number of rotatable bonds is 3. The van der Waals surface area contributed by atoms with Gasteiger partial charge in [0.25, 0.3) is 5.91 Å². The number of nitrogens with zero attached hydrogens (tertiary/aromatic N) is 2. The van der Waals surface area contributed by atoms with Crippen molar-refractivity contribution >= 4 is 34.3 Å².